The molecule has 1 unspecified atom stereocenters. The Labute approximate surface area is 168 Å². The van der Waals surface area contributed by atoms with Crippen LogP contribution >= 0.6 is 11.8 Å². The highest BCUT2D eigenvalue weighted by Gasteiger charge is 2.38. The molecule has 1 heterocycles. The SMILES string of the molecule is COc1ccc(C(SC[C@H](N)C(=O)O)(c2ccccc2)c2cccnc2)cc1. The van der Waals surface area contributed by atoms with Crippen LogP contribution in [0.4, 0.5) is 0 Å². The van der Waals surface area contributed by atoms with Crippen molar-refractivity contribution in [3.8, 4) is 5.75 Å². The minimum Gasteiger partial charge on any atom is -0.497 e. The molecule has 0 saturated heterocycles. The van der Waals surface area contributed by atoms with Crippen molar-refractivity contribution in [2.45, 2.75) is 10.8 Å². The van der Waals surface area contributed by atoms with Crippen molar-refractivity contribution < 1.29 is 14.6 Å². The third kappa shape index (κ3) is 4.03. The van der Waals surface area contributed by atoms with Crippen LogP contribution in [0.25, 0.3) is 0 Å². The summed E-state index contributed by atoms with van der Waals surface area (Å²) in [7, 11) is 1.63. The number of hydrogen-bond acceptors (Lipinski definition) is 5. The number of nitrogens with zero attached hydrogens (tertiary/aromatic N) is 1. The minimum atomic E-state index is -1.02. The van der Waals surface area contributed by atoms with E-state index in [0.29, 0.717) is 0 Å². The maximum atomic E-state index is 11.3. The first kappa shape index (κ1) is 19.9. The first-order valence-corrected chi connectivity index (χ1v) is 9.79. The molecule has 2 aromatic carbocycles. The lowest BCUT2D eigenvalue weighted by molar-refractivity contribution is -0.137. The van der Waals surface area contributed by atoms with E-state index >= 15 is 0 Å². The largest absolute Gasteiger partial charge is 0.497 e. The van der Waals surface area contributed by atoms with Crippen LogP contribution in [0, 0.1) is 0 Å². The van der Waals surface area contributed by atoms with Gasteiger partial charge in [0.25, 0.3) is 0 Å². The van der Waals surface area contributed by atoms with Gasteiger partial charge in [0.05, 0.1) is 11.9 Å². The van der Waals surface area contributed by atoms with E-state index in [1.165, 1.54) is 11.8 Å². The molecule has 0 fully saturated rings. The molecule has 3 N–H and O–H groups in total. The second kappa shape index (κ2) is 8.91. The Morgan fingerprint density at radius 2 is 1.71 bits per heavy atom. The van der Waals surface area contributed by atoms with Crippen LogP contribution in [-0.2, 0) is 9.54 Å². The van der Waals surface area contributed by atoms with Crippen molar-refractivity contribution >= 4 is 17.7 Å². The molecule has 0 aliphatic rings. The number of aromatic nitrogens is 1. The molecule has 5 nitrogen and oxygen atoms in total. The van der Waals surface area contributed by atoms with E-state index in [1.807, 2.05) is 72.9 Å². The summed E-state index contributed by atoms with van der Waals surface area (Å²) in [5.41, 5.74) is 8.82. The van der Waals surface area contributed by atoms with Gasteiger partial charge in [-0.1, -0.05) is 48.5 Å². The van der Waals surface area contributed by atoms with Crippen molar-refractivity contribution in [2.24, 2.45) is 5.73 Å². The minimum absolute atomic E-state index is 0.241. The van der Waals surface area contributed by atoms with E-state index in [4.69, 9.17) is 10.5 Å². The number of ether oxygens (including phenoxy) is 1. The fourth-order valence-corrected chi connectivity index (χ4v) is 4.57. The third-order valence-corrected chi connectivity index (χ3v) is 6.21. The Hall–Kier alpha value is -2.83. The van der Waals surface area contributed by atoms with Crippen LogP contribution in [0.5, 0.6) is 5.75 Å². The number of benzene rings is 2. The Morgan fingerprint density at radius 3 is 2.29 bits per heavy atom. The van der Waals surface area contributed by atoms with Gasteiger partial charge in [-0.15, -0.1) is 11.8 Å². The molecule has 0 aliphatic heterocycles. The smallest absolute Gasteiger partial charge is 0.321 e. The summed E-state index contributed by atoms with van der Waals surface area (Å²) in [6.07, 6.45) is 3.54. The van der Waals surface area contributed by atoms with Crippen molar-refractivity contribution in [3.05, 3.63) is 95.8 Å². The van der Waals surface area contributed by atoms with Gasteiger partial charge < -0.3 is 15.6 Å². The van der Waals surface area contributed by atoms with Crippen LogP contribution in [-0.4, -0.2) is 35.0 Å². The Kier molecular flexibility index (Phi) is 6.34. The summed E-state index contributed by atoms with van der Waals surface area (Å²) in [6, 6.07) is 20.7. The summed E-state index contributed by atoms with van der Waals surface area (Å²) >= 11 is 1.49. The molecule has 0 saturated carbocycles. The number of carboxylic acid groups (broad SMARTS) is 1. The van der Waals surface area contributed by atoms with Crippen molar-refractivity contribution in [2.75, 3.05) is 12.9 Å². The Morgan fingerprint density at radius 1 is 1.07 bits per heavy atom. The Bertz CT molecular complexity index is 863. The fourth-order valence-electron chi connectivity index (χ4n) is 3.11. The van der Waals surface area contributed by atoms with Crippen LogP contribution in [0.2, 0.25) is 0 Å². The van der Waals surface area contributed by atoms with Gasteiger partial charge in [-0.25, -0.2) is 0 Å². The summed E-state index contributed by atoms with van der Waals surface area (Å²) in [6.45, 7) is 0. The number of nitrogens with two attached hydrogens (primary N) is 1. The molecule has 3 rings (SSSR count). The number of aliphatic carboxylic acids is 1. The van der Waals surface area contributed by atoms with Gasteiger partial charge in [0, 0.05) is 18.1 Å². The predicted octanol–water partition coefficient (Wildman–Crippen LogP) is 3.53. The molecule has 0 spiro atoms. The fraction of sp³-hybridized carbons (Fsp3) is 0.182. The number of carboxylic acids is 1. The average molecular weight is 394 g/mol. The highest BCUT2D eigenvalue weighted by molar-refractivity contribution is 8.00. The normalized spacial score (nSPS) is 14.1. The van der Waals surface area contributed by atoms with E-state index in [2.05, 4.69) is 4.98 Å². The number of methoxy groups -OCH3 is 1. The van der Waals surface area contributed by atoms with Gasteiger partial charge in [0.1, 0.15) is 11.8 Å². The van der Waals surface area contributed by atoms with E-state index in [-0.39, 0.29) is 5.75 Å². The highest BCUT2D eigenvalue weighted by Crippen LogP contribution is 2.48. The zero-order valence-corrected chi connectivity index (χ0v) is 16.3. The summed E-state index contributed by atoms with van der Waals surface area (Å²) in [5, 5.41) is 9.29. The topological polar surface area (TPSA) is 85.4 Å². The maximum Gasteiger partial charge on any atom is 0.321 e. The molecule has 3 aromatic rings. The average Bonchev–Trinajstić information content (AvgIpc) is 2.76. The van der Waals surface area contributed by atoms with E-state index in [9.17, 15) is 9.90 Å². The number of pyridine rings is 1. The quantitative estimate of drug-likeness (QED) is 0.608. The van der Waals surface area contributed by atoms with Crippen LogP contribution in [0.3, 0.4) is 0 Å². The number of thioether (sulfide) groups is 1. The molecular formula is C22H22N2O3S. The summed E-state index contributed by atoms with van der Waals surface area (Å²) in [5.74, 6) is -0.0231. The number of rotatable bonds is 8. The van der Waals surface area contributed by atoms with Gasteiger partial charge in [-0.2, -0.15) is 0 Å². The zero-order chi connectivity index (χ0) is 20.0. The summed E-state index contributed by atoms with van der Waals surface area (Å²) in [4.78, 5) is 15.7. The lowest BCUT2D eigenvalue weighted by Crippen LogP contribution is -2.36. The molecular weight excluding hydrogens is 372 g/mol. The van der Waals surface area contributed by atoms with Gasteiger partial charge in [0.2, 0.25) is 0 Å². The van der Waals surface area contributed by atoms with E-state index < -0.39 is 16.8 Å². The lowest BCUT2D eigenvalue weighted by Gasteiger charge is -2.35. The first-order valence-electron chi connectivity index (χ1n) is 8.81. The van der Waals surface area contributed by atoms with Crippen molar-refractivity contribution in [3.63, 3.8) is 0 Å². The predicted molar refractivity (Wildman–Crippen MR) is 112 cm³/mol. The lowest BCUT2D eigenvalue weighted by atomic mass is 9.85. The van der Waals surface area contributed by atoms with Gasteiger partial charge in [-0.05, 0) is 34.9 Å². The molecule has 28 heavy (non-hydrogen) atoms. The standard InChI is InChI=1S/C22H22N2O3S/c1-27-19-11-9-17(10-12-19)22(16-6-3-2-4-7-16,18-8-5-13-24-14-18)28-15-20(23)21(25)26/h2-14,20H,15,23H2,1H3,(H,25,26)/t20-,22?/m0/s1. The van der Waals surface area contributed by atoms with Crippen LogP contribution < -0.4 is 10.5 Å². The highest BCUT2D eigenvalue weighted by atomic mass is 32.2. The van der Waals surface area contributed by atoms with Crippen LogP contribution in [0.15, 0.2) is 79.1 Å². The number of carbonyl (C=O) groups is 1. The van der Waals surface area contributed by atoms with Crippen molar-refractivity contribution in [1.29, 1.82) is 0 Å². The van der Waals surface area contributed by atoms with Crippen LogP contribution in [0.1, 0.15) is 16.7 Å². The molecule has 1 aromatic heterocycles. The second-order valence-electron chi connectivity index (χ2n) is 6.27. The third-order valence-electron chi connectivity index (χ3n) is 4.54. The monoisotopic (exact) mass is 394 g/mol. The number of hydrogen-bond donors (Lipinski definition) is 2. The van der Waals surface area contributed by atoms with Gasteiger partial charge in [0.15, 0.2) is 0 Å². The Balaban J connectivity index is 2.20. The van der Waals surface area contributed by atoms with E-state index in [0.717, 1.165) is 22.4 Å². The molecule has 0 bridgehead atoms. The second-order valence-corrected chi connectivity index (χ2v) is 7.51. The van der Waals surface area contributed by atoms with Gasteiger partial charge >= 0.3 is 5.97 Å². The zero-order valence-electron chi connectivity index (χ0n) is 15.5. The summed E-state index contributed by atoms with van der Waals surface area (Å²) < 4.78 is 4.65. The van der Waals surface area contributed by atoms with Crippen molar-refractivity contribution in [1.82, 2.24) is 4.98 Å². The molecule has 0 radical (unpaired) electrons. The van der Waals surface area contributed by atoms with Gasteiger partial charge in [-0.3, -0.25) is 9.78 Å². The molecule has 2 atom stereocenters. The first-order chi connectivity index (χ1) is 13.6. The van der Waals surface area contributed by atoms with E-state index in [1.54, 1.807) is 13.3 Å². The molecule has 6 heteroatoms. The molecule has 0 amide bonds. The maximum absolute atomic E-state index is 11.3. The molecule has 144 valence electrons. The molecule has 0 aliphatic carbocycles.